The van der Waals surface area contributed by atoms with Crippen LogP contribution >= 0.6 is 0 Å². The predicted molar refractivity (Wildman–Crippen MR) is 145 cm³/mol. The molecule has 8 nitrogen and oxygen atoms in total. The zero-order valence-electron chi connectivity index (χ0n) is 23.0. The summed E-state index contributed by atoms with van der Waals surface area (Å²) in [6.45, 7) is 6.38. The Balaban J connectivity index is 0.000000306. The van der Waals surface area contributed by atoms with Gasteiger partial charge in [-0.15, -0.1) is 0 Å². The topological polar surface area (TPSA) is 117 Å². The highest BCUT2D eigenvalue weighted by Gasteiger charge is 2.43. The minimum absolute atomic E-state index is 0.146. The van der Waals surface area contributed by atoms with Crippen LogP contribution in [0, 0.1) is 29.1 Å². The van der Waals surface area contributed by atoms with Crippen molar-refractivity contribution in [3.8, 4) is 17.9 Å². The number of nitrogens with one attached hydrogen (secondary N) is 1. The lowest BCUT2D eigenvalue weighted by molar-refractivity contribution is -0.134. The first kappa shape index (κ1) is 32.2. The largest absolute Gasteiger partial charge is 0.475 e. The first-order valence-electron chi connectivity index (χ1n) is 13.3. The molecule has 0 aromatic heterocycles. The third kappa shape index (κ3) is 11.0. The van der Waals surface area contributed by atoms with E-state index in [4.69, 9.17) is 10.0 Å². The van der Waals surface area contributed by atoms with Crippen molar-refractivity contribution in [2.75, 3.05) is 26.2 Å². The Morgan fingerprint density at radius 1 is 1.15 bits per heavy atom. The maximum atomic E-state index is 13.4. The van der Waals surface area contributed by atoms with Gasteiger partial charge < -0.3 is 20.3 Å². The molecule has 2 saturated heterocycles. The van der Waals surface area contributed by atoms with Gasteiger partial charge in [-0.25, -0.2) is 8.78 Å². The standard InChI is InChI=1S/C18H25F2N3O.C10H14BNO3/c1-17(2,23-12-9-18(19,20)14-23)8-6-7-15(13-21)16(24)22-10-4-3-5-11-22;1-8(13)12-10(11(14)15)7-9-5-3-2-4-6-9/h15H,3-5,7,9-12,14H2,1-2H3;2-6,10,14-15H,7H2,1H3,(H,12,13)/t;10-/m.0/s1. The van der Waals surface area contributed by atoms with Crippen molar-refractivity contribution < 1.29 is 28.4 Å². The SMILES string of the molecule is CC(=O)N[C@@H](Cc1ccccc1)B(O)O.CC(C)(C#CCC(C#N)C(=O)N1CCCCC1)N1CCC(F)(F)C1. The number of piperidine rings is 1. The molecule has 212 valence electrons. The van der Waals surface area contributed by atoms with Crippen LogP contribution in [0.4, 0.5) is 8.78 Å². The number of hydrogen-bond donors (Lipinski definition) is 3. The highest BCUT2D eigenvalue weighted by atomic mass is 19.3. The molecule has 3 rings (SSSR count). The van der Waals surface area contributed by atoms with Gasteiger partial charge in [-0.05, 0) is 45.1 Å². The molecule has 2 atom stereocenters. The van der Waals surface area contributed by atoms with Gasteiger partial charge >= 0.3 is 7.12 Å². The van der Waals surface area contributed by atoms with Crippen LogP contribution in [-0.4, -0.2) is 82.4 Å². The monoisotopic (exact) mass is 544 g/mol. The number of halogens is 2. The van der Waals surface area contributed by atoms with E-state index in [1.807, 2.05) is 36.4 Å². The Morgan fingerprint density at radius 2 is 1.79 bits per heavy atom. The molecule has 3 N–H and O–H groups in total. The second-order valence-corrected chi connectivity index (χ2v) is 10.6. The average Bonchev–Trinajstić information content (AvgIpc) is 3.27. The molecule has 39 heavy (non-hydrogen) atoms. The number of likely N-dealkylation sites (tertiary alicyclic amines) is 2. The third-order valence-corrected chi connectivity index (χ3v) is 6.83. The van der Waals surface area contributed by atoms with E-state index in [9.17, 15) is 23.6 Å². The third-order valence-electron chi connectivity index (χ3n) is 6.83. The molecule has 1 aromatic carbocycles. The molecule has 0 saturated carbocycles. The molecule has 2 aliphatic rings. The molecular formula is C28H39BF2N4O4. The number of carbonyl (C=O) groups excluding carboxylic acids is 2. The summed E-state index contributed by atoms with van der Waals surface area (Å²) in [5.41, 5.74) is 0.262. The molecule has 2 fully saturated rings. The van der Waals surface area contributed by atoms with Crippen LogP contribution in [0.25, 0.3) is 0 Å². The summed E-state index contributed by atoms with van der Waals surface area (Å²) in [4.78, 5) is 26.6. The number of alkyl halides is 2. The second kappa shape index (κ2) is 15.0. The quantitative estimate of drug-likeness (QED) is 0.359. The van der Waals surface area contributed by atoms with Crippen LogP contribution in [0.2, 0.25) is 0 Å². The van der Waals surface area contributed by atoms with E-state index in [1.165, 1.54) is 6.92 Å². The zero-order chi connectivity index (χ0) is 29.1. The Labute approximate surface area is 230 Å². The lowest BCUT2D eigenvalue weighted by atomic mass is 9.76. The summed E-state index contributed by atoms with van der Waals surface area (Å²) in [7, 11) is -1.55. The number of nitriles is 1. The van der Waals surface area contributed by atoms with Crippen LogP contribution in [0.5, 0.6) is 0 Å². The maximum absolute atomic E-state index is 13.4. The van der Waals surface area contributed by atoms with E-state index in [2.05, 4.69) is 17.2 Å². The summed E-state index contributed by atoms with van der Waals surface area (Å²) >= 11 is 0. The number of benzene rings is 1. The van der Waals surface area contributed by atoms with Crippen molar-refractivity contribution in [1.82, 2.24) is 15.1 Å². The summed E-state index contributed by atoms with van der Waals surface area (Å²) in [5, 5.41) is 29.9. The van der Waals surface area contributed by atoms with Gasteiger partial charge in [0.15, 0.2) is 0 Å². The number of nitrogens with zero attached hydrogens (tertiary/aromatic N) is 3. The van der Waals surface area contributed by atoms with Crippen molar-refractivity contribution in [2.24, 2.45) is 5.92 Å². The summed E-state index contributed by atoms with van der Waals surface area (Å²) in [6.07, 6.45) is 3.48. The second-order valence-electron chi connectivity index (χ2n) is 10.6. The molecule has 0 spiro atoms. The lowest BCUT2D eigenvalue weighted by Crippen LogP contribution is -2.47. The summed E-state index contributed by atoms with van der Waals surface area (Å²) < 4.78 is 26.7. The minimum atomic E-state index is -2.65. The Kier molecular flexibility index (Phi) is 12.4. The number of rotatable bonds is 7. The molecule has 11 heteroatoms. The van der Waals surface area contributed by atoms with Gasteiger partial charge in [-0.3, -0.25) is 14.5 Å². The normalized spacial score (nSPS) is 18.4. The average molecular weight is 544 g/mol. The van der Waals surface area contributed by atoms with Gasteiger partial charge in [0.2, 0.25) is 11.8 Å². The number of carbonyl (C=O) groups is 2. The van der Waals surface area contributed by atoms with Crippen molar-refractivity contribution in [1.29, 1.82) is 5.26 Å². The van der Waals surface area contributed by atoms with Crippen LogP contribution in [0.3, 0.4) is 0 Å². The molecule has 0 aliphatic carbocycles. The van der Waals surface area contributed by atoms with E-state index in [0.717, 1.165) is 24.8 Å². The Morgan fingerprint density at radius 3 is 2.31 bits per heavy atom. The molecule has 1 aromatic rings. The highest BCUT2D eigenvalue weighted by molar-refractivity contribution is 6.43. The first-order valence-corrected chi connectivity index (χ1v) is 13.3. The Hall–Kier alpha value is -2.99. The molecule has 0 radical (unpaired) electrons. The van der Waals surface area contributed by atoms with Crippen LogP contribution in [0.15, 0.2) is 30.3 Å². The molecule has 1 unspecified atom stereocenters. The first-order chi connectivity index (χ1) is 18.3. The van der Waals surface area contributed by atoms with E-state index >= 15 is 0 Å². The van der Waals surface area contributed by atoms with Crippen molar-refractivity contribution >= 4 is 18.9 Å². The minimum Gasteiger partial charge on any atom is -0.426 e. The van der Waals surface area contributed by atoms with E-state index in [-0.39, 0.29) is 31.2 Å². The van der Waals surface area contributed by atoms with Gasteiger partial charge in [-0.2, -0.15) is 5.26 Å². The van der Waals surface area contributed by atoms with Crippen molar-refractivity contribution in [2.45, 2.75) is 76.7 Å². The molecule has 2 aliphatic heterocycles. The molecular weight excluding hydrogens is 505 g/mol. The summed E-state index contributed by atoms with van der Waals surface area (Å²) in [6, 6.07) is 11.4. The van der Waals surface area contributed by atoms with Gasteiger partial charge in [0, 0.05) is 39.4 Å². The predicted octanol–water partition coefficient (Wildman–Crippen LogP) is 2.40. The fourth-order valence-electron chi connectivity index (χ4n) is 4.54. The van der Waals surface area contributed by atoms with Gasteiger partial charge in [0.05, 0.1) is 24.1 Å². The zero-order valence-corrected chi connectivity index (χ0v) is 23.0. The number of amides is 2. The molecule has 2 heterocycles. The van der Waals surface area contributed by atoms with Crippen LogP contribution in [-0.2, 0) is 16.0 Å². The van der Waals surface area contributed by atoms with Crippen molar-refractivity contribution in [3.63, 3.8) is 0 Å². The summed E-state index contributed by atoms with van der Waals surface area (Å²) in [5.74, 6) is 1.36. The van der Waals surface area contributed by atoms with E-state index < -0.39 is 30.4 Å². The van der Waals surface area contributed by atoms with E-state index in [1.54, 1.807) is 23.6 Å². The van der Waals surface area contributed by atoms with Gasteiger partial charge in [0.25, 0.3) is 5.92 Å². The van der Waals surface area contributed by atoms with E-state index in [0.29, 0.717) is 26.1 Å². The fraction of sp³-hybridized carbons (Fsp3) is 0.607. The van der Waals surface area contributed by atoms with Crippen LogP contribution in [0.1, 0.15) is 58.4 Å². The van der Waals surface area contributed by atoms with Gasteiger partial charge in [0.1, 0.15) is 5.92 Å². The number of hydrogen-bond acceptors (Lipinski definition) is 6. The molecule has 0 bridgehead atoms. The van der Waals surface area contributed by atoms with Crippen molar-refractivity contribution in [3.05, 3.63) is 35.9 Å². The highest BCUT2D eigenvalue weighted by Crippen LogP contribution is 2.31. The lowest BCUT2D eigenvalue weighted by Gasteiger charge is -2.30. The molecule has 2 amide bonds. The fourth-order valence-corrected chi connectivity index (χ4v) is 4.54. The Bertz CT molecular complexity index is 1050. The van der Waals surface area contributed by atoms with Crippen LogP contribution < -0.4 is 5.32 Å². The smallest absolute Gasteiger partial charge is 0.426 e. The van der Waals surface area contributed by atoms with Gasteiger partial charge in [-0.1, -0.05) is 42.2 Å². The maximum Gasteiger partial charge on any atom is 0.475 e.